The lowest BCUT2D eigenvalue weighted by atomic mass is 10.2. The molecule has 3 heteroatoms. The second-order valence-electron chi connectivity index (χ2n) is 3.55. The van der Waals surface area contributed by atoms with Crippen molar-refractivity contribution in [3.05, 3.63) is 58.7 Å². The molecule has 0 N–H and O–H groups in total. The Labute approximate surface area is 105 Å². The van der Waals surface area contributed by atoms with Crippen molar-refractivity contribution in [3.63, 3.8) is 0 Å². The summed E-state index contributed by atoms with van der Waals surface area (Å²) >= 11 is 7.65. The first kappa shape index (κ1) is 11.5. The molecule has 0 aliphatic heterocycles. The molecule has 0 fully saturated rings. The molecule has 0 amide bonds. The van der Waals surface area contributed by atoms with Crippen molar-refractivity contribution in [1.82, 2.24) is 4.98 Å². The Balaban J connectivity index is 2.03. The van der Waals surface area contributed by atoms with Crippen LogP contribution in [-0.2, 0) is 5.75 Å². The van der Waals surface area contributed by atoms with Gasteiger partial charge in [0, 0.05) is 11.9 Å². The third-order valence-electron chi connectivity index (χ3n) is 2.25. The molecule has 16 heavy (non-hydrogen) atoms. The summed E-state index contributed by atoms with van der Waals surface area (Å²) in [5.74, 6) is 0.939. The van der Waals surface area contributed by atoms with E-state index in [0.717, 1.165) is 21.4 Å². The summed E-state index contributed by atoms with van der Waals surface area (Å²) in [5.41, 5.74) is 2.38. The maximum absolute atomic E-state index is 5.93. The second-order valence-corrected chi connectivity index (χ2v) is 4.95. The molecule has 0 radical (unpaired) electrons. The quantitative estimate of drug-likeness (QED) is 0.751. The average Bonchev–Trinajstić information content (AvgIpc) is 2.32. The molecule has 0 atom stereocenters. The van der Waals surface area contributed by atoms with Crippen LogP contribution >= 0.6 is 23.4 Å². The summed E-state index contributed by atoms with van der Waals surface area (Å²) in [6.07, 6.45) is 1.71. The molecule has 1 heterocycles. The fraction of sp³-hybridized carbons (Fsp3) is 0.154. The number of aromatic nitrogens is 1. The molecule has 0 aliphatic rings. The van der Waals surface area contributed by atoms with Crippen LogP contribution in [0.5, 0.6) is 0 Å². The van der Waals surface area contributed by atoms with Crippen LogP contribution in [0.15, 0.2) is 47.6 Å². The predicted octanol–water partition coefficient (Wildman–Crippen LogP) is 4.34. The summed E-state index contributed by atoms with van der Waals surface area (Å²) in [5, 5.41) is 1.75. The van der Waals surface area contributed by atoms with Gasteiger partial charge in [0.25, 0.3) is 0 Å². The number of hydrogen-bond donors (Lipinski definition) is 0. The Kier molecular flexibility index (Phi) is 3.86. The Morgan fingerprint density at radius 2 is 2.00 bits per heavy atom. The molecular formula is C13H12ClNS. The highest BCUT2D eigenvalue weighted by atomic mass is 35.5. The van der Waals surface area contributed by atoms with Gasteiger partial charge in [-0.25, -0.2) is 4.98 Å². The normalized spacial score (nSPS) is 10.4. The number of halogens is 1. The summed E-state index contributed by atoms with van der Waals surface area (Å²) < 4.78 is 0. The highest BCUT2D eigenvalue weighted by Gasteiger charge is 2.00. The van der Waals surface area contributed by atoms with Crippen LogP contribution in [0.1, 0.15) is 11.1 Å². The Hall–Kier alpha value is -0.990. The number of thioether (sulfide) groups is 1. The van der Waals surface area contributed by atoms with E-state index < -0.39 is 0 Å². The number of hydrogen-bond acceptors (Lipinski definition) is 2. The summed E-state index contributed by atoms with van der Waals surface area (Å²) in [7, 11) is 0. The standard InChI is InChI=1S/C13H12ClNS/c1-10-7-13(15-8-12(10)14)16-9-11-5-3-2-4-6-11/h2-8H,9H2,1H3. The number of aryl methyl sites for hydroxylation is 1. The van der Waals surface area contributed by atoms with Gasteiger partial charge in [0.2, 0.25) is 0 Å². The number of rotatable bonds is 3. The number of nitrogens with zero attached hydrogens (tertiary/aromatic N) is 1. The van der Waals surface area contributed by atoms with Crippen LogP contribution in [0.2, 0.25) is 5.02 Å². The molecule has 1 aromatic carbocycles. The van der Waals surface area contributed by atoms with E-state index in [0.29, 0.717) is 0 Å². The van der Waals surface area contributed by atoms with Crippen molar-refractivity contribution in [1.29, 1.82) is 0 Å². The van der Waals surface area contributed by atoms with Gasteiger partial charge < -0.3 is 0 Å². The minimum absolute atomic E-state index is 0.726. The molecule has 82 valence electrons. The first-order valence-corrected chi connectivity index (χ1v) is 6.41. The third kappa shape index (κ3) is 3.00. The maximum Gasteiger partial charge on any atom is 0.0966 e. The van der Waals surface area contributed by atoms with Gasteiger partial charge in [-0.2, -0.15) is 0 Å². The van der Waals surface area contributed by atoms with Crippen molar-refractivity contribution in [2.24, 2.45) is 0 Å². The molecule has 0 spiro atoms. The van der Waals surface area contributed by atoms with Gasteiger partial charge in [0.1, 0.15) is 0 Å². The average molecular weight is 250 g/mol. The van der Waals surface area contributed by atoms with Crippen molar-refractivity contribution in [2.75, 3.05) is 0 Å². The first-order valence-electron chi connectivity index (χ1n) is 5.04. The molecule has 0 bridgehead atoms. The van der Waals surface area contributed by atoms with E-state index in [1.807, 2.05) is 19.1 Å². The zero-order valence-electron chi connectivity index (χ0n) is 8.98. The fourth-order valence-electron chi connectivity index (χ4n) is 1.32. The second kappa shape index (κ2) is 5.37. The van der Waals surface area contributed by atoms with E-state index in [9.17, 15) is 0 Å². The SMILES string of the molecule is Cc1cc(SCc2ccccc2)ncc1Cl. The number of pyridine rings is 1. The van der Waals surface area contributed by atoms with Crippen LogP contribution in [0.25, 0.3) is 0 Å². The van der Waals surface area contributed by atoms with E-state index in [1.165, 1.54) is 5.56 Å². The lowest BCUT2D eigenvalue weighted by Gasteiger charge is -2.03. The van der Waals surface area contributed by atoms with Crippen LogP contribution in [0.4, 0.5) is 0 Å². The van der Waals surface area contributed by atoms with E-state index in [-0.39, 0.29) is 0 Å². The van der Waals surface area contributed by atoms with Gasteiger partial charge in [-0.3, -0.25) is 0 Å². The lowest BCUT2D eigenvalue weighted by molar-refractivity contribution is 1.11. The van der Waals surface area contributed by atoms with Gasteiger partial charge in [0.05, 0.1) is 10.0 Å². The summed E-state index contributed by atoms with van der Waals surface area (Å²) in [4.78, 5) is 4.29. The Morgan fingerprint density at radius 1 is 1.25 bits per heavy atom. The monoisotopic (exact) mass is 249 g/mol. The van der Waals surface area contributed by atoms with Crippen LogP contribution in [0.3, 0.4) is 0 Å². The van der Waals surface area contributed by atoms with E-state index in [1.54, 1.807) is 18.0 Å². The van der Waals surface area contributed by atoms with Crippen LogP contribution in [0, 0.1) is 6.92 Å². The van der Waals surface area contributed by atoms with E-state index in [4.69, 9.17) is 11.6 Å². The molecule has 0 saturated heterocycles. The molecule has 1 nitrogen and oxygen atoms in total. The van der Waals surface area contributed by atoms with Crippen molar-refractivity contribution in [2.45, 2.75) is 17.7 Å². The minimum Gasteiger partial charge on any atom is -0.248 e. The van der Waals surface area contributed by atoms with Crippen LogP contribution < -0.4 is 0 Å². The topological polar surface area (TPSA) is 12.9 Å². The van der Waals surface area contributed by atoms with E-state index >= 15 is 0 Å². The van der Waals surface area contributed by atoms with Gasteiger partial charge in [-0.05, 0) is 24.1 Å². The maximum atomic E-state index is 5.93. The van der Waals surface area contributed by atoms with Gasteiger partial charge in [-0.1, -0.05) is 41.9 Å². The molecule has 0 saturated carbocycles. The first-order chi connectivity index (χ1) is 7.75. The fourth-order valence-corrected chi connectivity index (χ4v) is 2.32. The molecular weight excluding hydrogens is 238 g/mol. The summed E-state index contributed by atoms with van der Waals surface area (Å²) in [6.45, 7) is 2.00. The van der Waals surface area contributed by atoms with Crippen molar-refractivity contribution < 1.29 is 0 Å². The largest absolute Gasteiger partial charge is 0.248 e. The van der Waals surface area contributed by atoms with Crippen molar-refractivity contribution in [3.8, 4) is 0 Å². The molecule has 2 aromatic rings. The third-order valence-corrected chi connectivity index (χ3v) is 3.64. The van der Waals surface area contributed by atoms with Gasteiger partial charge >= 0.3 is 0 Å². The van der Waals surface area contributed by atoms with Crippen LogP contribution in [-0.4, -0.2) is 4.98 Å². The molecule has 0 unspecified atom stereocenters. The molecule has 0 aliphatic carbocycles. The lowest BCUT2D eigenvalue weighted by Crippen LogP contribution is -1.85. The predicted molar refractivity (Wildman–Crippen MR) is 70.0 cm³/mol. The van der Waals surface area contributed by atoms with Gasteiger partial charge in [-0.15, -0.1) is 11.8 Å². The molecule has 2 rings (SSSR count). The van der Waals surface area contributed by atoms with Gasteiger partial charge in [0.15, 0.2) is 0 Å². The summed E-state index contributed by atoms with van der Waals surface area (Å²) in [6, 6.07) is 12.4. The number of benzene rings is 1. The zero-order chi connectivity index (χ0) is 11.4. The highest BCUT2D eigenvalue weighted by Crippen LogP contribution is 2.24. The Morgan fingerprint density at radius 3 is 2.69 bits per heavy atom. The van der Waals surface area contributed by atoms with Crippen molar-refractivity contribution >= 4 is 23.4 Å². The highest BCUT2D eigenvalue weighted by molar-refractivity contribution is 7.98. The minimum atomic E-state index is 0.726. The zero-order valence-corrected chi connectivity index (χ0v) is 10.6. The smallest absolute Gasteiger partial charge is 0.0966 e. The van der Waals surface area contributed by atoms with E-state index in [2.05, 4.69) is 29.2 Å². The molecule has 1 aromatic heterocycles. The Bertz CT molecular complexity index is 471.